The summed E-state index contributed by atoms with van der Waals surface area (Å²) in [5, 5.41) is 2.59. The van der Waals surface area contributed by atoms with Crippen LogP contribution in [0.15, 0.2) is 69.8 Å². The van der Waals surface area contributed by atoms with Gasteiger partial charge in [0.05, 0.1) is 35.4 Å². The maximum absolute atomic E-state index is 15.1. The molecule has 1 aromatic carbocycles. The van der Waals surface area contributed by atoms with E-state index >= 15 is 4.39 Å². The van der Waals surface area contributed by atoms with Crippen molar-refractivity contribution in [1.82, 2.24) is 19.7 Å². The van der Waals surface area contributed by atoms with Crippen LogP contribution in [0.5, 0.6) is 0 Å². The molecule has 2 aromatic heterocycles. The molecule has 38 heavy (non-hydrogen) atoms. The first kappa shape index (κ1) is 26.3. The highest BCUT2D eigenvalue weighted by molar-refractivity contribution is 7.99. The van der Waals surface area contributed by atoms with Crippen LogP contribution in [0.4, 0.5) is 20.8 Å². The van der Waals surface area contributed by atoms with Gasteiger partial charge in [-0.2, -0.15) is 0 Å². The lowest BCUT2D eigenvalue weighted by Gasteiger charge is -2.41. The van der Waals surface area contributed by atoms with Crippen molar-refractivity contribution in [1.29, 1.82) is 0 Å². The molecule has 4 heterocycles. The number of pyridine rings is 1. The van der Waals surface area contributed by atoms with E-state index in [0.29, 0.717) is 18.2 Å². The van der Waals surface area contributed by atoms with Gasteiger partial charge in [-0.05, 0) is 31.0 Å². The summed E-state index contributed by atoms with van der Waals surface area (Å²) in [5.74, 6) is -0.519. The van der Waals surface area contributed by atoms with Crippen LogP contribution in [0.2, 0.25) is 0 Å². The molecule has 3 aromatic rings. The Morgan fingerprint density at radius 3 is 2.55 bits per heavy atom. The van der Waals surface area contributed by atoms with Crippen molar-refractivity contribution in [2.45, 2.75) is 33.7 Å². The second-order valence-electron chi connectivity index (χ2n) is 9.13. The highest BCUT2D eigenvalue weighted by Gasteiger charge is 2.44. The Morgan fingerprint density at radius 1 is 1.13 bits per heavy atom. The van der Waals surface area contributed by atoms with Gasteiger partial charge in [-0.15, -0.1) is 0 Å². The fraction of sp³-hybridized carbons (Fsp3) is 0.333. The SMILES string of the molecule is N[C@@H]1COCC12CCN(c1cnc(Sc3ccnc(NC(=O)NS(=O)(=O)c4ccccc4)c3F)cn1)CC2. The lowest BCUT2D eigenvalue weighted by molar-refractivity contribution is 0.131. The van der Waals surface area contributed by atoms with Crippen LogP contribution in [0.1, 0.15) is 12.8 Å². The number of halogens is 1. The number of hydrogen-bond donors (Lipinski definition) is 3. The number of nitrogens with zero attached hydrogens (tertiary/aromatic N) is 4. The molecule has 1 spiro atoms. The number of anilines is 2. The predicted octanol–water partition coefficient (Wildman–Crippen LogP) is 2.62. The number of nitrogens with one attached hydrogen (secondary N) is 2. The van der Waals surface area contributed by atoms with Crippen LogP contribution in [0, 0.1) is 11.2 Å². The molecular formula is C24H26FN7O4S2. The minimum absolute atomic E-state index is 0.0347. The number of ether oxygens (including phenoxy) is 1. The fourth-order valence-corrected chi connectivity index (χ4v) is 6.19. The molecule has 0 unspecified atom stereocenters. The van der Waals surface area contributed by atoms with E-state index in [2.05, 4.69) is 25.2 Å². The van der Waals surface area contributed by atoms with Gasteiger partial charge < -0.3 is 15.4 Å². The van der Waals surface area contributed by atoms with Gasteiger partial charge in [0.15, 0.2) is 11.6 Å². The van der Waals surface area contributed by atoms with E-state index in [1.54, 1.807) is 18.5 Å². The fourth-order valence-electron chi connectivity index (χ4n) is 4.51. The average molecular weight is 560 g/mol. The van der Waals surface area contributed by atoms with Crippen LogP contribution in [-0.2, 0) is 14.8 Å². The summed E-state index contributed by atoms with van der Waals surface area (Å²) in [7, 11) is -4.13. The van der Waals surface area contributed by atoms with Crippen molar-refractivity contribution in [3.05, 3.63) is 60.8 Å². The number of urea groups is 1. The Bertz CT molecular complexity index is 1400. The molecule has 2 fully saturated rings. The summed E-state index contributed by atoms with van der Waals surface area (Å²) in [6.45, 7) is 2.90. The number of piperidine rings is 1. The van der Waals surface area contributed by atoms with E-state index in [-0.39, 0.29) is 21.2 Å². The Hall–Kier alpha value is -3.33. The third-order valence-corrected chi connectivity index (χ3v) is 9.05. The zero-order chi connectivity index (χ0) is 26.8. The van der Waals surface area contributed by atoms with Crippen molar-refractivity contribution < 1.29 is 22.3 Å². The first-order valence-electron chi connectivity index (χ1n) is 11.9. The van der Waals surface area contributed by atoms with E-state index in [9.17, 15) is 13.2 Å². The van der Waals surface area contributed by atoms with E-state index in [0.717, 1.165) is 43.5 Å². The van der Waals surface area contributed by atoms with Crippen molar-refractivity contribution >= 4 is 39.5 Å². The molecule has 0 bridgehead atoms. The number of rotatable bonds is 6. The Labute approximate surface area is 223 Å². The summed E-state index contributed by atoms with van der Waals surface area (Å²) in [5.41, 5.74) is 6.29. The topological polar surface area (TPSA) is 152 Å². The molecule has 2 amide bonds. The molecule has 5 rings (SSSR count). The zero-order valence-corrected chi connectivity index (χ0v) is 21.8. The number of benzene rings is 1. The molecule has 2 aliphatic heterocycles. The van der Waals surface area contributed by atoms with Crippen molar-refractivity contribution in [2.24, 2.45) is 11.1 Å². The standard InChI is InChI=1S/C24H26FN7O4S2/c25-21-17(6-9-27-22(21)30-23(33)31-38(34,35)16-4-2-1-3-5-16)37-20-13-28-19(12-29-20)32-10-7-24(8-11-32)15-36-14-18(24)26/h1-6,9,12-13,18H,7-8,10-11,14-15,26H2,(H2,27,30,31,33)/t18-/m1/s1. The maximum atomic E-state index is 15.1. The van der Waals surface area contributed by atoms with Gasteiger partial charge in [-0.25, -0.2) is 37.3 Å². The molecule has 4 N–H and O–H groups in total. The zero-order valence-electron chi connectivity index (χ0n) is 20.2. The van der Waals surface area contributed by atoms with E-state index in [1.807, 2.05) is 4.72 Å². The van der Waals surface area contributed by atoms with Crippen LogP contribution in [0.3, 0.4) is 0 Å². The highest BCUT2D eigenvalue weighted by atomic mass is 32.2. The molecule has 2 aliphatic rings. The molecular weight excluding hydrogens is 533 g/mol. The number of aromatic nitrogens is 3. The number of nitrogens with two attached hydrogens (primary N) is 1. The van der Waals surface area contributed by atoms with Crippen LogP contribution < -0.4 is 20.7 Å². The number of carbonyl (C=O) groups is 1. The molecule has 0 saturated carbocycles. The first-order chi connectivity index (χ1) is 18.3. The summed E-state index contributed by atoms with van der Waals surface area (Å²) in [6.07, 6.45) is 6.34. The third kappa shape index (κ3) is 5.57. The molecule has 200 valence electrons. The molecule has 1 atom stereocenters. The van der Waals surface area contributed by atoms with Gasteiger partial charge in [0.25, 0.3) is 10.0 Å². The van der Waals surface area contributed by atoms with Crippen LogP contribution in [0.25, 0.3) is 0 Å². The van der Waals surface area contributed by atoms with Gasteiger partial charge >= 0.3 is 6.03 Å². The second-order valence-corrected chi connectivity index (χ2v) is 11.9. The Balaban J connectivity index is 1.20. The number of carbonyl (C=O) groups excluding carboxylic acids is 1. The first-order valence-corrected chi connectivity index (χ1v) is 14.2. The molecule has 14 heteroatoms. The number of amides is 2. The van der Waals surface area contributed by atoms with Gasteiger partial charge in [-0.1, -0.05) is 30.0 Å². The third-order valence-electron chi connectivity index (χ3n) is 6.75. The van der Waals surface area contributed by atoms with E-state index < -0.39 is 27.7 Å². The normalized spacial score (nSPS) is 18.9. The Kier molecular flexibility index (Phi) is 7.47. The summed E-state index contributed by atoms with van der Waals surface area (Å²) >= 11 is 1.01. The second kappa shape index (κ2) is 10.8. The molecule has 2 saturated heterocycles. The van der Waals surface area contributed by atoms with Crippen molar-refractivity contribution in [3.8, 4) is 0 Å². The minimum atomic E-state index is -4.13. The lowest BCUT2D eigenvalue weighted by atomic mass is 9.75. The van der Waals surface area contributed by atoms with Gasteiger partial charge in [0.1, 0.15) is 10.8 Å². The average Bonchev–Trinajstić information content (AvgIpc) is 3.26. The minimum Gasteiger partial charge on any atom is -0.379 e. The number of hydrogen-bond acceptors (Lipinski definition) is 10. The quantitative estimate of drug-likeness (QED) is 0.411. The van der Waals surface area contributed by atoms with E-state index in [1.165, 1.54) is 36.5 Å². The molecule has 0 radical (unpaired) electrons. The molecule has 11 nitrogen and oxygen atoms in total. The van der Waals surface area contributed by atoms with Crippen LogP contribution in [-0.4, -0.2) is 61.7 Å². The largest absolute Gasteiger partial charge is 0.379 e. The maximum Gasteiger partial charge on any atom is 0.334 e. The van der Waals surface area contributed by atoms with Gasteiger partial charge in [0.2, 0.25) is 0 Å². The predicted molar refractivity (Wildman–Crippen MR) is 139 cm³/mol. The molecule has 0 aliphatic carbocycles. The Morgan fingerprint density at radius 2 is 1.89 bits per heavy atom. The van der Waals surface area contributed by atoms with E-state index in [4.69, 9.17) is 10.5 Å². The summed E-state index contributed by atoms with van der Waals surface area (Å²) in [6, 6.07) is 7.70. The van der Waals surface area contributed by atoms with Crippen molar-refractivity contribution in [3.63, 3.8) is 0 Å². The lowest BCUT2D eigenvalue weighted by Crippen LogP contribution is -2.49. The summed E-state index contributed by atoms with van der Waals surface area (Å²) < 4.78 is 47.1. The van der Waals surface area contributed by atoms with Crippen LogP contribution >= 0.6 is 11.8 Å². The van der Waals surface area contributed by atoms with Gasteiger partial charge in [-0.3, -0.25) is 5.32 Å². The van der Waals surface area contributed by atoms with Crippen molar-refractivity contribution in [2.75, 3.05) is 36.5 Å². The smallest absolute Gasteiger partial charge is 0.334 e. The highest BCUT2D eigenvalue weighted by Crippen LogP contribution is 2.39. The summed E-state index contributed by atoms with van der Waals surface area (Å²) in [4.78, 5) is 27.2. The monoisotopic (exact) mass is 559 g/mol. The number of sulfonamides is 1. The van der Waals surface area contributed by atoms with Gasteiger partial charge in [0, 0.05) is 30.7 Å².